The van der Waals surface area contributed by atoms with E-state index in [9.17, 15) is 9.59 Å². The van der Waals surface area contributed by atoms with Gasteiger partial charge >= 0.3 is 0 Å². The largest absolute Gasteiger partial charge is 0.438 e. The first-order valence-electron chi connectivity index (χ1n) is 4.29. The molecule has 9 N–H and O–H groups in total. The molecule has 0 bridgehead atoms. The lowest BCUT2D eigenvalue weighted by molar-refractivity contribution is -0.120. The van der Waals surface area contributed by atoms with Crippen LogP contribution in [0.4, 0.5) is 0 Å². The maximum absolute atomic E-state index is 11.1. The molecule has 0 aromatic heterocycles. The number of ether oxygens (including phenoxy) is 1. The van der Waals surface area contributed by atoms with Gasteiger partial charge in [-0.1, -0.05) is 0 Å². The monoisotopic (exact) mass is 244 g/mol. The van der Waals surface area contributed by atoms with Crippen LogP contribution >= 0.6 is 0 Å². The number of hydrogen-bond acceptors (Lipinski definition) is 9. The van der Waals surface area contributed by atoms with Crippen LogP contribution in [-0.4, -0.2) is 16.9 Å². The van der Waals surface area contributed by atoms with E-state index in [2.05, 4.69) is 26.7 Å². The molecule has 1 heterocycles. The number of hydrogen-bond donors (Lipinski definition) is 7. The summed E-state index contributed by atoms with van der Waals surface area (Å²) in [4.78, 5) is 22.1. The van der Waals surface area contributed by atoms with Crippen molar-refractivity contribution in [3.8, 4) is 0 Å². The molecule has 1 aliphatic rings. The van der Waals surface area contributed by atoms with Crippen molar-refractivity contribution in [1.29, 1.82) is 0 Å². The van der Waals surface area contributed by atoms with E-state index >= 15 is 0 Å². The second kappa shape index (κ2) is 6.41. The fourth-order valence-corrected chi connectivity index (χ4v) is 0.643. The second-order valence-corrected chi connectivity index (χ2v) is 2.64. The molecule has 11 heteroatoms. The van der Waals surface area contributed by atoms with Gasteiger partial charge in [0.15, 0.2) is 6.26 Å². The van der Waals surface area contributed by atoms with Gasteiger partial charge in [0, 0.05) is 12.2 Å². The lowest BCUT2D eigenvalue weighted by Gasteiger charge is -2.13. The summed E-state index contributed by atoms with van der Waals surface area (Å²) in [5.41, 5.74) is 10.7. The van der Waals surface area contributed by atoms with Crippen molar-refractivity contribution in [3.63, 3.8) is 0 Å². The summed E-state index contributed by atoms with van der Waals surface area (Å²) in [6.45, 7) is 0. The lowest BCUT2D eigenvalue weighted by Crippen LogP contribution is -2.51. The summed E-state index contributed by atoms with van der Waals surface area (Å²) in [7, 11) is 0. The van der Waals surface area contributed by atoms with E-state index < -0.39 is 11.8 Å². The Bertz CT molecular complexity index is 353. The molecule has 0 aromatic carbocycles. The Morgan fingerprint density at radius 1 is 1.29 bits per heavy atom. The number of nitrogens with zero attached hydrogens (tertiary/aromatic N) is 1. The van der Waals surface area contributed by atoms with Crippen LogP contribution in [0.25, 0.3) is 0 Å². The third-order valence-corrected chi connectivity index (χ3v) is 1.40. The van der Waals surface area contributed by atoms with Gasteiger partial charge in [0.25, 0.3) is 17.7 Å². The molecule has 2 amide bonds. The summed E-state index contributed by atoms with van der Waals surface area (Å²) in [5.74, 6) is 9.36. The second-order valence-electron chi connectivity index (χ2n) is 2.64. The van der Waals surface area contributed by atoms with E-state index in [1.54, 1.807) is 0 Å². The molecule has 0 radical (unpaired) electrons. The molecule has 0 saturated carbocycles. The number of carbonyl (C=O) groups excluding carboxylic acids is 2. The van der Waals surface area contributed by atoms with Gasteiger partial charge < -0.3 is 4.74 Å². The van der Waals surface area contributed by atoms with Crippen molar-refractivity contribution < 1.29 is 14.3 Å². The topological polar surface area (TPSA) is 162 Å². The minimum atomic E-state index is -0.586. The number of nitrogens with one attached hydrogen (secondary N) is 5. The summed E-state index contributed by atoms with van der Waals surface area (Å²) in [5, 5.41) is 0.950. The van der Waals surface area contributed by atoms with Gasteiger partial charge in [-0.2, -0.15) is 16.2 Å². The van der Waals surface area contributed by atoms with Crippen LogP contribution in [0.5, 0.6) is 0 Å². The molecule has 0 unspecified atom stereocenters. The van der Waals surface area contributed by atoms with Crippen molar-refractivity contribution in [2.75, 3.05) is 0 Å². The fraction of sp³-hybridized carbons (Fsp3) is 0. The molecule has 94 valence electrons. The van der Waals surface area contributed by atoms with Gasteiger partial charge in [0.05, 0.1) is 0 Å². The van der Waals surface area contributed by atoms with Gasteiger partial charge in [-0.05, 0) is 0 Å². The van der Waals surface area contributed by atoms with Crippen molar-refractivity contribution in [2.45, 2.75) is 0 Å². The Hall–Kier alpha value is -2.18. The van der Waals surface area contributed by atoms with Crippen LogP contribution in [0.1, 0.15) is 0 Å². The van der Waals surface area contributed by atoms with Crippen molar-refractivity contribution in [1.82, 2.24) is 32.6 Å². The SMILES string of the molecule is NNNNC(=O)/C=C\C(=O)NNN(N)C1=CO1. The standard InChI is InChI=1S/C6H12N8O3/c7-11-12-9-4(15)1-2-5(16)10-13-14(8)6-3-17-6/h1-3,11-13H,7-8H2,(H,9,15)(H,10,16)/b2-1-. The van der Waals surface area contributed by atoms with Gasteiger partial charge in [0.2, 0.25) is 0 Å². The summed E-state index contributed by atoms with van der Waals surface area (Å²) >= 11 is 0. The molecule has 0 saturated heterocycles. The summed E-state index contributed by atoms with van der Waals surface area (Å²) in [6.07, 6.45) is 3.33. The first-order chi connectivity index (χ1) is 8.13. The number of rotatable bonds is 7. The van der Waals surface area contributed by atoms with Crippen LogP contribution in [-0.2, 0) is 14.3 Å². The van der Waals surface area contributed by atoms with Crippen molar-refractivity contribution in [2.24, 2.45) is 11.7 Å². The van der Waals surface area contributed by atoms with Gasteiger partial charge in [-0.15, -0.1) is 5.53 Å². The Kier molecular flexibility index (Phi) is 4.86. The van der Waals surface area contributed by atoms with Crippen LogP contribution < -0.4 is 39.1 Å². The van der Waals surface area contributed by atoms with Gasteiger partial charge in [-0.25, -0.2) is 5.84 Å². The highest BCUT2D eigenvalue weighted by molar-refractivity contribution is 5.96. The molecule has 0 aromatic rings. The predicted molar refractivity (Wildman–Crippen MR) is 54.2 cm³/mol. The smallest absolute Gasteiger partial charge is 0.262 e. The maximum Gasteiger partial charge on any atom is 0.262 e. The molecule has 11 nitrogen and oxygen atoms in total. The summed E-state index contributed by atoms with van der Waals surface area (Å²) in [6, 6.07) is 0. The normalized spacial score (nSPS) is 12.7. The van der Waals surface area contributed by atoms with E-state index in [-0.39, 0.29) is 0 Å². The molecule has 1 aliphatic heterocycles. The number of nitrogens with two attached hydrogens (primary N) is 2. The van der Waals surface area contributed by atoms with E-state index in [1.807, 2.05) is 5.53 Å². The quantitative estimate of drug-likeness (QED) is 0.135. The van der Waals surface area contributed by atoms with E-state index in [0.717, 1.165) is 17.3 Å². The molecule has 1 rings (SSSR count). The zero-order chi connectivity index (χ0) is 12.7. The van der Waals surface area contributed by atoms with Gasteiger partial charge in [0.1, 0.15) is 0 Å². The Morgan fingerprint density at radius 2 is 1.88 bits per heavy atom. The van der Waals surface area contributed by atoms with Crippen LogP contribution in [0.2, 0.25) is 0 Å². The fourth-order valence-electron chi connectivity index (χ4n) is 0.643. The number of amides is 2. The third kappa shape index (κ3) is 5.45. The van der Waals surface area contributed by atoms with Gasteiger partial charge in [-0.3, -0.25) is 26.3 Å². The Labute approximate surface area is 95.6 Å². The average molecular weight is 244 g/mol. The molecule has 0 fully saturated rings. The first-order valence-corrected chi connectivity index (χ1v) is 4.29. The zero-order valence-electron chi connectivity index (χ0n) is 8.56. The van der Waals surface area contributed by atoms with E-state index in [0.29, 0.717) is 5.88 Å². The van der Waals surface area contributed by atoms with Crippen molar-refractivity contribution in [3.05, 3.63) is 24.3 Å². The molecule has 0 spiro atoms. The predicted octanol–water partition coefficient (Wildman–Crippen LogP) is -3.92. The molecular formula is C6H12N8O3. The first kappa shape index (κ1) is 12.9. The maximum atomic E-state index is 11.1. The Balaban J connectivity index is 2.16. The molecular weight excluding hydrogens is 232 g/mol. The van der Waals surface area contributed by atoms with Crippen molar-refractivity contribution >= 4 is 11.8 Å². The van der Waals surface area contributed by atoms with Crippen LogP contribution in [0.3, 0.4) is 0 Å². The highest BCUT2D eigenvalue weighted by atomic mass is 16.6. The minimum Gasteiger partial charge on any atom is -0.438 e. The minimum absolute atomic E-state index is 0.366. The lowest BCUT2D eigenvalue weighted by atomic mass is 10.4. The molecule has 17 heavy (non-hydrogen) atoms. The van der Waals surface area contributed by atoms with Crippen LogP contribution in [0, 0.1) is 0 Å². The molecule has 0 aliphatic carbocycles. The highest BCUT2D eigenvalue weighted by Crippen LogP contribution is 2.11. The van der Waals surface area contributed by atoms with E-state index in [4.69, 9.17) is 11.7 Å². The highest BCUT2D eigenvalue weighted by Gasteiger charge is 2.16. The zero-order valence-corrected chi connectivity index (χ0v) is 8.56. The van der Waals surface area contributed by atoms with Crippen LogP contribution in [0.15, 0.2) is 24.3 Å². The number of hydrazine groups is 6. The third-order valence-electron chi connectivity index (χ3n) is 1.40. The average Bonchev–Trinajstić information content (AvgIpc) is 3.14. The Morgan fingerprint density at radius 3 is 2.41 bits per heavy atom. The molecule has 0 atom stereocenters. The number of carbonyl (C=O) groups is 2. The summed E-state index contributed by atoms with van der Waals surface area (Å²) < 4.78 is 4.61. The van der Waals surface area contributed by atoms with E-state index in [1.165, 1.54) is 6.26 Å².